The molecule has 0 spiro atoms. The molecule has 0 bridgehead atoms. The van der Waals surface area contributed by atoms with Crippen LogP contribution in [0.1, 0.15) is 18.4 Å². The number of primary amides is 1. The second-order valence-electron chi connectivity index (χ2n) is 4.29. The van der Waals surface area contributed by atoms with Gasteiger partial charge in [0.05, 0.1) is 6.04 Å². The number of aromatic nitrogens is 1. The van der Waals surface area contributed by atoms with E-state index in [1.54, 1.807) is 6.20 Å². The third-order valence-corrected chi connectivity index (χ3v) is 3.19. The maximum absolute atomic E-state index is 11.3. The van der Waals surface area contributed by atoms with Crippen molar-refractivity contribution in [2.24, 2.45) is 5.73 Å². The molecule has 2 rings (SSSR count). The molecule has 3 N–H and O–H groups in total. The van der Waals surface area contributed by atoms with Gasteiger partial charge in [-0.1, -0.05) is 6.07 Å². The molecule has 1 aliphatic heterocycles. The molecule has 1 fully saturated rings. The van der Waals surface area contributed by atoms with Crippen LogP contribution >= 0.6 is 0 Å². The van der Waals surface area contributed by atoms with Gasteiger partial charge in [-0.15, -0.1) is 0 Å². The molecule has 0 saturated carbocycles. The van der Waals surface area contributed by atoms with Gasteiger partial charge in [0.2, 0.25) is 5.91 Å². The van der Waals surface area contributed by atoms with Gasteiger partial charge in [-0.25, -0.2) is 4.98 Å². The van der Waals surface area contributed by atoms with E-state index in [0.717, 1.165) is 37.3 Å². The average molecular weight is 234 g/mol. The zero-order valence-electron chi connectivity index (χ0n) is 10.0. The number of nitrogens with one attached hydrogen (secondary N) is 1. The highest BCUT2D eigenvalue weighted by atomic mass is 16.1. The minimum Gasteiger partial charge on any atom is -0.373 e. The Morgan fingerprint density at radius 3 is 3.24 bits per heavy atom. The number of nitrogens with zero attached hydrogens (tertiary/aromatic N) is 2. The van der Waals surface area contributed by atoms with E-state index in [1.165, 1.54) is 0 Å². The lowest BCUT2D eigenvalue weighted by atomic mass is 10.2. The molecule has 0 aliphatic carbocycles. The van der Waals surface area contributed by atoms with E-state index in [4.69, 9.17) is 5.73 Å². The standard InChI is InChI=1S/C12H18N4O/c1-14-12-9(4-2-6-15-12)8-16-7-3-5-10(16)11(13)17/h2,4,6,10H,3,5,7-8H2,1H3,(H2,13,17)(H,14,15). The summed E-state index contributed by atoms with van der Waals surface area (Å²) < 4.78 is 0. The van der Waals surface area contributed by atoms with Crippen molar-refractivity contribution in [1.29, 1.82) is 0 Å². The number of carbonyl (C=O) groups is 1. The van der Waals surface area contributed by atoms with Crippen molar-refractivity contribution in [3.63, 3.8) is 0 Å². The lowest BCUT2D eigenvalue weighted by Crippen LogP contribution is -2.39. The van der Waals surface area contributed by atoms with Crippen LogP contribution in [0.4, 0.5) is 5.82 Å². The van der Waals surface area contributed by atoms with Crippen molar-refractivity contribution >= 4 is 11.7 Å². The highest BCUT2D eigenvalue weighted by Gasteiger charge is 2.29. The molecule has 5 nitrogen and oxygen atoms in total. The first-order chi connectivity index (χ1) is 8.22. The Bertz CT molecular complexity index is 407. The van der Waals surface area contributed by atoms with Crippen LogP contribution in [0, 0.1) is 0 Å². The van der Waals surface area contributed by atoms with Crippen molar-refractivity contribution in [3.05, 3.63) is 23.9 Å². The molecule has 1 aliphatic rings. The Morgan fingerprint density at radius 2 is 2.53 bits per heavy atom. The average Bonchev–Trinajstić information content (AvgIpc) is 2.78. The molecular formula is C12H18N4O. The molecule has 1 unspecified atom stereocenters. The Morgan fingerprint density at radius 1 is 1.71 bits per heavy atom. The summed E-state index contributed by atoms with van der Waals surface area (Å²) in [5.74, 6) is 0.639. The van der Waals surface area contributed by atoms with E-state index in [-0.39, 0.29) is 11.9 Å². The van der Waals surface area contributed by atoms with E-state index in [0.29, 0.717) is 0 Å². The second-order valence-corrected chi connectivity index (χ2v) is 4.29. The lowest BCUT2D eigenvalue weighted by Gasteiger charge is -2.22. The molecule has 1 atom stereocenters. The molecule has 1 saturated heterocycles. The third-order valence-electron chi connectivity index (χ3n) is 3.19. The van der Waals surface area contributed by atoms with E-state index in [1.807, 2.05) is 19.2 Å². The number of amides is 1. The monoisotopic (exact) mass is 234 g/mol. The summed E-state index contributed by atoms with van der Waals surface area (Å²) in [5, 5.41) is 3.06. The van der Waals surface area contributed by atoms with Crippen LogP contribution in [0.2, 0.25) is 0 Å². The maximum Gasteiger partial charge on any atom is 0.234 e. The van der Waals surface area contributed by atoms with Gasteiger partial charge in [0.25, 0.3) is 0 Å². The van der Waals surface area contributed by atoms with Gasteiger partial charge in [0.15, 0.2) is 0 Å². The minimum atomic E-state index is -0.225. The summed E-state index contributed by atoms with van der Waals surface area (Å²) in [6.07, 6.45) is 3.65. The van der Waals surface area contributed by atoms with Gasteiger partial charge in [-0.2, -0.15) is 0 Å². The van der Waals surface area contributed by atoms with Gasteiger partial charge in [-0.3, -0.25) is 9.69 Å². The first-order valence-corrected chi connectivity index (χ1v) is 5.87. The Kier molecular flexibility index (Phi) is 3.58. The third kappa shape index (κ3) is 2.55. The van der Waals surface area contributed by atoms with Gasteiger partial charge >= 0.3 is 0 Å². The first kappa shape index (κ1) is 11.9. The van der Waals surface area contributed by atoms with E-state index in [2.05, 4.69) is 15.2 Å². The van der Waals surface area contributed by atoms with Gasteiger partial charge in [0.1, 0.15) is 5.82 Å². The van der Waals surface area contributed by atoms with Crippen molar-refractivity contribution in [1.82, 2.24) is 9.88 Å². The second kappa shape index (κ2) is 5.14. The van der Waals surface area contributed by atoms with Crippen molar-refractivity contribution in [3.8, 4) is 0 Å². The Hall–Kier alpha value is -1.62. The molecule has 1 aromatic rings. The fourth-order valence-electron chi connectivity index (χ4n) is 2.35. The largest absolute Gasteiger partial charge is 0.373 e. The predicted molar refractivity (Wildman–Crippen MR) is 66.4 cm³/mol. The molecule has 1 aromatic heterocycles. The molecule has 0 radical (unpaired) electrons. The number of carbonyl (C=O) groups excluding carboxylic acids is 1. The number of nitrogens with two attached hydrogens (primary N) is 1. The van der Waals surface area contributed by atoms with Crippen LogP contribution < -0.4 is 11.1 Å². The zero-order valence-corrected chi connectivity index (χ0v) is 10.0. The molecule has 17 heavy (non-hydrogen) atoms. The predicted octanol–water partition coefficient (Wildman–Crippen LogP) is 0.573. The van der Waals surface area contributed by atoms with Crippen LogP contribution in [0.25, 0.3) is 0 Å². The molecule has 2 heterocycles. The first-order valence-electron chi connectivity index (χ1n) is 5.87. The molecule has 0 aromatic carbocycles. The van der Waals surface area contributed by atoms with Crippen LogP contribution in [0.3, 0.4) is 0 Å². The van der Waals surface area contributed by atoms with Crippen LogP contribution in [0.15, 0.2) is 18.3 Å². The summed E-state index contributed by atoms with van der Waals surface area (Å²) in [4.78, 5) is 17.7. The van der Waals surface area contributed by atoms with Crippen LogP contribution in [-0.4, -0.2) is 35.4 Å². The summed E-state index contributed by atoms with van der Waals surface area (Å²) >= 11 is 0. The van der Waals surface area contributed by atoms with Crippen molar-refractivity contribution in [2.45, 2.75) is 25.4 Å². The molecule has 92 valence electrons. The van der Waals surface area contributed by atoms with Crippen molar-refractivity contribution < 1.29 is 4.79 Å². The number of pyridine rings is 1. The quantitative estimate of drug-likeness (QED) is 0.799. The number of anilines is 1. The van der Waals surface area contributed by atoms with Gasteiger partial charge in [0, 0.05) is 25.4 Å². The molecular weight excluding hydrogens is 216 g/mol. The van der Waals surface area contributed by atoms with Gasteiger partial charge in [-0.05, 0) is 25.5 Å². The summed E-state index contributed by atoms with van der Waals surface area (Å²) in [6, 6.07) is 3.81. The highest BCUT2D eigenvalue weighted by molar-refractivity contribution is 5.80. The zero-order chi connectivity index (χ0) is 12.3. The number of rotatable bonds is 4. The maximum atomic E-state index is 11.3. The van der Waals surface area contributed by atoms with E-state index < -0.39 is 0 Å². The van der Waals surface area contributed by atoms with Crippen LogP contribution in [-0.2, 0) is 11.3 Å². The lowest BCUT2D eigenvalue weighted by molar-refractivity contribution is -0.122. The van der Waals surface area contributed by atoms with Crippen molar-refractivity contribution in [2.75, 3.05) is 18.9 Å². The SMILES string of the molecule is CNc1ncccc1CN1CCCC1C(N)=O. The summed E-state index contributed by atoms with van der Waals surface area (Å²) in [5.41, 5.74) is 6.50. The number of hydrogen-bond acceptors (Lipinski definition) is 4. The minimum absolute atomic E-state index is 0.125. The van der Waals surface area contributed by atoms with E-state index in [9.17, 15) is 4.79 Å². The number of likely N-dealkylation sites (tertiary alicyclic amines) is 1. The highest BCUT2D eigenvalue weighted by Crippen LogP contribution is 2.22. The van der Waals surface area contributed by atoms with E-state index >= 15 is 0 Å². The topological polar surface area (TPSA) is 71.2 Å². The van der Waals surface area contributed by atoms with Crippen LogP contribution in [0.5, 0.6) is 0 Å². The normalized spacial score (nSPS) is 20.4. The summed E-state index contributed by atoms with van der Waals surface area (Å²) in [7, 11) is 1.85. The molecule has 5 heteroatoms. The fourth-order valence-corrected chi connectivity index (χ4v) is 2.35. The van der Waals surface area contributed by atoms with Gasteiger partial charge < -0.3 is 11.1 Å². The number of hydrogen-bond donors (Lipinski definition) is 2. The smallest absolute Gasteiger partial charge is 0.234 e. The molecule has 1 amide bonds. The summed E-state index contributed by atoms with van der Waals surface area (Å²) in [6.45, 7) is 1.64. The Labute approximate surface area is 101 Å². The Balaban J connectivity index is 2.12. The fraction of sp³-hybridized carbons (Fsp3) is 0.500.